The third kappa shape index (κ3) is 6.79. The van der Waals surface area contributed by atoms with Gasteiger partial charge in [-0.3, -0.25) is 19.7 Å². The second-order valence-electron chi connectivity index (χ2n) is 6.98. The molecule has 2 N–H and O–H groups in total. The molecule has 0 fully saturated rings. The molecule has 0 radical (unpaired) electrons. The average molecular weight is 443 g/mol. The maximum Gasteiger partial charge on any atom is 0.328 e. The molecule has 10 nitrogen and oxygen atoms in total. The standard InChI is InChI=1S/C22H25N3O7/c1-14(26)23-18(11-15-7-5-4-6-8-15)21(27)24-19(22(28)32-3)13-16-12-17(25(29)30)9-10-20(16)31-2/h4-10,12,18-19H,11,13H2,1-3H3,(H,23,26)(H,24,27)/t18-,19-/m1/s1. The molecule has 2 atom stereocenters. The van der Waals surface area contributed by atoms with Gasteiger partial charge in [-0.2, -0.15) is 0 Å². The molecule has 0 saturated carbocycles. The van der Waals surface area contributed by atoms with E-state index in [4.69, 9.17) is 9.47 Å². The monoisotopic (exact) mass is 443 g/mol. The molecule has 2 rings (SSSR count). The number of hydrogen-bond donors (Lipinski definition) is 2. The largest absolute Gasteiger partial charge is 0.496 e. The topological polar surface area (TPSA) is 137 Å². The lowest BCUT2D eigenvalue weighted by molar-refractivity contribution is -0.384. The Balaban J connectivity index is 2.27. The molecular weight excluding hydrogens is 418 g/mol. The van der Waals surface area contributed by atoms with Crippen molar-refractivity contribution in [3.05, 3.63) is 69.8 Å². The second kappa shape index (κ2) is 11.4. The second-order valence-corrected chi connectivity index (χ2v) is 6.98. The van der Waals surface area contributed by atoms with Crippen molar-refractivity contribution in [3.8, 4) is 5.75 Å². The Morgan fingerprint density at radius 3 is 2.25 bits per heavy atom. The van der Waals surface area contributed by atoms with Crippen LogP contribution in [-0.2, 0) is 32.0 Å². The van der Waals surface area contributed by atoms with Crippen LogP contribution >= 0.6 is 0 Å². The van der Waals surface area contributed by atoms with Crippen LogP contribution < -0.4 is 15.4 Å². The van der Waals surface area contributed by atoms with Crippen LogP contribution in [0, 0.1) is 10.1 Å². The Hall–Kier alpha value is -3.95. The first kappa shape index (κ1) is 24.3. The summed E-state index contributed by atoms with van der Waals surface area (Å²) in [6.45, 7) is 1.29. The van der Waals surface area contributed by atoms with Crippen molar-refractivity contribution in [2.75, 3.05) is 14.2 Å². The van der Waals surface area contributed by atoms with E-state index >= 15 is 0 Å². The maximum absolute atomic E-state index is 13.0. The van der Waals surface area contributed by atoms with Gasteiger partial charge in [-0.05, 0) is 11.6 Å². The van der Waals surface area contributed by atoms with E-state index < -0.39 is 34.8 Å². The molecule has 10 heteroatoms. The number of methoxy groups -OCH3 is 2. The van der Waals surface area contributed by atoms with E-state index in [9.17, 15) is 24.5 Å². The van der Waals surface area contributed by atoms with Crippen LogP contribution in [0.25, 0.3) is 0 Å². The summed E-state index contributed by atoms with van der Waals surface area (Å²) in [6.07, 6.45) is 0.0989. The third-order valence-electron chi connectivity index (χ3n) is 4.68. The van der Waals surface area contributed by atoms with Gasteiger partial charge in [-0.1, -0.05) is 30.3 Å². The van der Waals surface area contributed by atoms with E-state index in [2.05, 4.69) is 10.6 Å². The molecule has 0 saturated heterocycles. The Morgan fingerprint density at radius 1 is 1.00 bits per heavy atom. The molecule has 170 valence electrons. The van der Waals surface area contributed by atoms with Crippen molar-refractivity contribution in [1.29, 1.82) is 0 Å². The van der Waals surface area contributed by atoms with Crippen molar-refractivity contribution in [3.63, 3.8) is 0 Å². The number of non-ortho nitro benzene ring substituents is 1. The zero-order valence-corrected chi connectivity index (χ0v) is 18.0. The van der Waals surface area contributed by atoms with Crippen molar-refractivity contribution in [2.24, 2.45) is 0 Å². The van der Waals surface area contributed by atoms with Gasteiger partial charge in [0.2, 0.25) is 11.8 Å². The van der Waals surface area contributed by atoms with Gasteiger partial charge in [0.15, 0.2) is 0 Å². The summed E-state index contributed by atoms with van der Waals surface area (Å²) in [4.78, 5) is 47.5. The number of carbonyl (C=O) groups excluding carboxylic acids is 3. The SMILES string of the molecule is COC(=O)[C@@H](Cc1cc([N+](=O)[O-])ccc1OC)NC(=O)[C@@H](Cc1ccccc1)NC(C)=O. The van der Waals surface area contributed by atoms with Gasteiger partial charge >= 0.3 is 5.97 Å². The van der Waals surface area contributed by atoms with E-state index in [0.29, 0.717) is 11.3 Å². The summed E-state index contributed by atoms with van der Waals surface area (Å²) >= 11 is 0. The van der Waals surface area contributed by atoms with Crippen molar-refractivity contribution in [2.45, 2.75) is 31.8 Å². The fourth-order valence-corrected chi connectivity index (χ4v) is 3.17. The predicted octanol–water partition coefficient (Wildman–Crippen LogP) is 1.55. The molecule has 0 bridgehead atoms. The van der Waals surface area contributed by atoms with E-state index in [1.807, 2.05) is 30.3 Å². The number of rotatable bonds is 10. The highest BCUT2D eigenvalue weighted by molar-refractivity contribution is 5.90. The minimum absolute atomic E-state index is 0.110. The molecule has 0 heterocycles. The lowest BCUT2D eigenvalue weighted by Gasteiger charge is -2.22. The van der Waals surface area contributed by atoms with Crippen LogP contribution in [0.3, 0.4) is 0 Å². The number of hydrogen-bond acceptors (Lipinski definition) is 7. The predicted molar refractivity (Wildman–Crippen MR) is 115 cm³/mol. The molecule has 0 aromatic heterocycles. The molecule has 0 aliphatic heterocycles. The van der Waals surface area contributed by atoms with Crippen LogP contribution in [0.4, 0.5) is 5.69 Å². The molecule has 0 unspecified atom stereocenters. The summed E-state index contributed by atoms with van der Waals surface area (Å²) in [5.41, 5.74) is 0.976. The zero-order valence-electron chi connectivity index (χ0n) is 18.0. The minimum Gasteiger partial charge on any atom is -0.496 e. The number of ether oxygens (including phenoxy) is 2. The van der Waals surface area contributed by atoms with Crippen LogP contribution in [-0.4, -0.2) is 49.0 Å². The number of carbonyl (C=O) groups is 3. The Morgan fingerprint density at radius 2 is 1.69 bits per heavy atom. The summed E-state index contributed by atoms with van der Waals surface area (Å²) in [6, 6.07) is 11.0. The quantitative estimate of drug-likeness (QED) is 0.323. The fraction of sp³-hybridized carbons (Fsp3) is 0.318. The van der Waals surface area contributed by atoms with Crippen LogP contribution in [0.15, 0.2) is 48.5 Å². The highest BCUT2D eigenvalue weighted by Gasteiger charge is 2.28. The molecule has 2 amide bonds. The first-order chi connectivity index (χ1) is 15.2. The smallest absolute Gasteiger partial charge is 0.328 e. The molecule has 0 spiro atoms. The highest BCUT2D eigenvalue weighted by Crippen LogP contribution is 2.25. The van der Waals surface area contributed by atoms with Gasteiger partial charge in [-0.25, -0.2) is 4.79 Å². The molecule has 0 aliphatic rings. The van der Waals surface area contributed by atoms with Gasteiger partial charge in [0, 0.05) is 37.5 Å². The van der Waals surface area contributed by atoms with E-state index in [1.54, 1.807) is 0 Å². The first-order valence-electron chi connectivity index (χ1n) is 9.75. The Bertz CT molecular complexity index is 979. The van der Waals surface area contributed by atoms with E-state index in [-0.39, 0.29) is 18.5 Å². The van der Waals surface area contributed by atoms with Gasteiger partial charge in [0.05, 0.1) is 19.1 Å². The lowest BCUT2D eigenvalue weighted by Crippen LogP contribution is -2.53. The van der Waals surface area contributed by atoms with Crippen molar-refractivity contribution in [1.82, 2.24) is 10.6 Å². The summed E-state index contributed by atoms with van der Waals surface area (Å²) in [5.74, 6) is -1.42. The number of nitro benzene ring substituents is 1. The van der Waals surface area contributed by atoms with Crippen LogP contribution in [0.5, 0.6) is 5.75 Å². The number of amides is 2. The Labute approximate surface area is 185 Å². The average Bonchev–Trinajstić information content (AvgIpc) is 2.77. The van der Waals surface area contributed by atoms with Crippen molar-refractivity contribution < 1.29 is 28.8 Å². The van der Waals surface area contributed by atoms with Crippen molar-refractivity contribution >= 4 is 23.5 Å². The number of benzene rings is 2. The van der Waals surface area contributed by atoms with Gasteiger partial charge in [0.25, 0.3) is 5.69 Å². The summed E-state index contributed by atoms with van der Waals surface area (Å²) < 4.78 is 10.0. The Kier molecular flexibility index (Phi) is 8.70. The highest BCUT2D eigenvalue weighted by atomic mass is 16.6. The maximum atomic E-state index is 13.0. The number of nitrogens with one attached hydrogen (secondary N) is 2. The van der Waals surface area contributed by atoms with E-state index in [1.165, 1.54) is 39.3 Å². The molecule has 32 heavy (non-hydrogen) atoms. The summed E-state index contributed by atoms with van der Waals surface area (Å²) in [7, 11) is 2.56. The van der Waals surface area contributed by atoms with Gasteiger partial charge < -0.3 is 20.1 Å². The minimum atomic E-state index is -1.16. The number of nitro groups is 1. The first-order valence-corrected chi connectivity index (χ1v) is 9.75. The molecule has 0 aliphatic carbocycles. The number of esters is 1. The normalized spacial score (nSPS) is 12.2. The lowest BCUT2D eigenvalue weighted by atomic mass is 10.0. The van der Waals surface area contributed by atoms with Crippen LogP contribution in [0.2, 0.25) is 0 Å². The molecular formula is C22H25N3O7. The van der Waals surface area contributed by atoms with E-state index in [0.717, 1.165) is 5.56 Å². The number of nitrogens with zero attached hydrogens (tertiary/aromatic N) is 1. The summed E-state index contributed by atoms with van der Waals surface area (Å²) in [5, 5.41) is 16.3. The molecule has 2 aromatic carbocycles. The fourth-order valence-electron chi connectivity index (χ4n) is 3.17. The third-order valence-corrected chi connectivity index (χ3v) is 4.68. The van der Waals surface area contributed by atoms with Crippen LogP contribution in [0.1, 0.15) is 18.1 Å². The molecule has 2 aromatic rings. The zero-order chi connectivity index (χ0) is 23.7. The van der Waals surface area contributed by atoms with Gasteiger partial charge in [0.1, 0.15) is 17.8 Å². The van der Waals surface area contributed by atoms with Gasteiger partial charge in [-0.15, -0.1) is 0 Å².